The van der Waals surface area contributed by atoms with Crippen LogP contribution >= 0.6 is 0 Å². The number of hydrogen-bond donors (Lipinski definition) is 0. The van der Waals surface area contributed by atoms with Crippen molar-refractivity contribution < 1.29 is 14.3 Å². The Hall–Kier alpha value is -2.28. The molecule has 7 heteroatoms. The van der Waals surface area contributed by atoms with Crippen molar-refractivity contribution >= 4 is 5.97 Å². The highest BCUT2D eigenvalue weighted by Gasteiger charge is 2.23. The molecule has 2 aromatic rings. The third kappa shape index (κ3) is 3.43. The van der Waals surface area contributed by atoms with E-state index in [-0.39, 0.29) is 18.4 Å². The second-order valence-electron chi connectivity index (χ2n) is 4.45. The summed E-state index contributed by atoms with van der Waals surface area (Å²) in [7, 11) is 1.62. The van der Waals surface area contributed by atoms with Crippen molar-refractivity contribution in [3.05, 3.63) is 30.1 Å². The summed E-state index contributed by atoms with van der Waals surface area (Å²) >= 11 is 0. The highest BCUT2D eigenvalue weighted by Crippen LogP contribution is 2.21. The minimum absolute atomic E-state index is 0.0655. The predicted molar refractivity (Wildman–Crippen MR) is 75.7 cm³/mol. The van der Waals surface area contributed by atoms with Gasteiger partial charge in [0, 0.05) is 13.3 Å². The molecular formula is C14H18N4O3. The summed E-state index contributed by atoms with van der Waals surface area (Å²) in [6, 6.07) is 5.45. The Bertz CT molecular complexity index is 598. The van der Waals surface area contributed by atoms with Crippen molar-refractivity contribution in [1.82, 2.24) is 20.0 Å². The molecule has 0 aliphatic carbocycles. The van der Waals surface area contributed by atoms with E-state index in [9.17, 15) is 4.79 Å². The van der Waals surface area contributed by atoms with Gasteiger partial charge in [0.1, 0.15) is 5.69 Å². The molecule has 0 saturated heterocycles. The molecule has 0 aromatic carbocycles. The third-order valence-corrected chi connectivity index (χ3v) is 2.94. The molecule has 2 aromatic heterocycles. The zero-order chi connectivity index (χ0) is 15.2. The Balaban J connectivity index is 2.45. The van der Waals surface area contributed by atoms with Crippen molar-refractivity contribution in [3.63, 3.8) is 0 Å². The Kier molecular flexibility index (Phi) is 4.99. The topological polar surface area (TPSA) is 79.1 Å². The molecular weight excluding hydrogens is 272 g/mol. The number of nitrogens with zero attached hydrogens (tertiary/aromatic N) is 4. The zero-order valence-corrected chi connectivity index (χ0v) is 12.3. The fourth-order valence-corrected chi connectivity index (χ4v) is 1.85. The summed E-state index contributed by atoms with van der Waals surface area (Å²) in [4.78, 5) is 16.3. The second kappa shape index (κ2) is 6.94. The van der Waals surface area contributed by atoms with Gasteiger partial charge in [-0.1, -0.05) is 11.3 Å². The SMILES string of the molecule is CCOC(=O)c1nnn(CC(C)OC)c1-c1ccccn1. The Labute approximate surface area is 122 Å². The second-order valence-corrected chi connectivity index (χ2v) is 4.45. The smallest absolute Gasteiger partial charge is 0.361 e. The largest absolute Gasteiger partial charge is 0.461 e. The standard InChI is InChI=1S/C14H18N4O3/c1-4-21-14(19)12-13(11-7-5-6-8-15-11)18(17-16-12)9-10(2)20-3/h5-8,10H,4,9H2,1-3H3. The van der Waals surface area contributed by atoms with Crippen LogP contribution in [0, 0.1) is 0 Å². The van der Waals surface area contributed by atoms with Gasteiger partial charge in [0.15, 0.2) is 5.69 Å². The van der Waals surface area contributed by atoms with E-state index in [4.69, 9.17) is 9.47 Å². The van der Waals surface area contributed by atoms with Gasteiger partial charge < -0.3 is 9.47 Å². The number of esters is 1. The lowest BCUT2D eigenvalue weighted by molar-refractivity contribution is 0.0520. The lowest BCUT2D eigenvalue weighted by atomic mass is 10.2. The van der Waals surface area contributed by atoms with Crippen LogP contribution < -0.4 is 0 Å². The highest BCUT2D eigenvalue weighted by atomic mass is 16.5. The number of carbonyl (C=O) groups is 1. The number of aromatic nitrogens is 4. The molecule has 0 fully saturated rings. The first kappa shape index (κ1) is 15.1. The number of ether oxygens (including phenoxy) is 2. The molecule has 21 heavy (non-hydrogen) atoms. The van der Waals surface area contributed by atoms with E-state index in [2.05, 4.69) is 15.3 Å². The van der Waals surface area contributed by atoms with Crippen LogP contribution in [0.2, 0.25) is 0 Å². The number of methoxy groups -OCH3 is 1. The van der Waals surface area contributed by atoms with Gasteiger partial charge in [-0.15, -0.1) is 5.10 Å². The molecule has 0 spiro atoms. The zero-order valence-electron chi connectivity index (χ0n) is 12.3. The van der Waals surface area contributed by atoms with Crippen molar-refractivity contribution in [1.29, 1.82) is 0 Å². The molecule has 1 atom stereocenters. The van der Waals surface area contributed by atoms with E-state index >= 15 is 0 Å². The van der Waals surface area contributed by atoms with Gasteiger partial charge >= 0.3 is 5.97 Å². The maximum absolute atomic E-state index is 12.0. The fourth-order valence-electron chi connectivity index (χ4n) is 1.85. The fraction of sp³-hybridized carbons (Fsp3) is 0.429. The van der Waals surface area contributed by atoms with Gasteiger partial charge in [-0.05, 0) is 26.0 Å². The monoisotopic (exact) mass is 290 g/mol. The Morgan fingerprint density at radius 3 is 2.86 bits per heavy atom. The quantitative estimate of drug-likeness (QED) is 0.751. The van der Waals surface area contributed by atoms with Crippen molar-refractivity contribution in [2.24, 2.45) is 0 Å². The first-order valence-corrected chi connectivity index (χ1v) is 6.72. The minimum Gasteiger partial charge on any atom is -0.461 e. The molecule has 0 amide bonds. The van der Waals surface area contributed by atoms with Crippen LogP contribution in [0.15, 0.2) is 24.4 Å². The van der Waals surface area contributed by atoms with Gasteiger partial charge in [-0.2, -0.15) is 0 Å². The van der Waals surface area contributed by atoms with E-state index in [0.29, 0.717) is 17.9 Å². The van der Waals surface area contributed by atoms with Crippen LogP contribution in [0.25, 0.3) is 11.4 Å². The molecule has 0 aliphatic heterocycles. The maximum Gasteiger partial charge on any atom is 0.361 e. The van der Waals surface area contributed by atoms with Gasteiger partial charge in [0.25, 0.3) is 0 Å². The molecule has 1 unspecified atom stereocenters. The number of carbonyl (C=O) groups excluding carboxylic acids is 1. The van der Waals surface area contributed by atoms with Gasteiger partial charge in [-0.25, -0.2) is 9.48 Å². The molecule has 0 aliphatic rings. The number of hydrogen-bond acceptors (Lipinski definition) is 6. The molecule has 0 bridgehead atoms. The highest BCUT2D eigenvalue weighted by molar-refractivity contribution is 5.93. The predicted octanol–water partition coefficient (Wildman–Crippen LogP) is 1.55. The maximum atomic E-state index is 12.0. The van der Waals surface area contributed by atoms with Gasteiger partial charge in [0.2, 0.25) is 0 Å². The van der Waals surface area contributed by atoms with E-state index in [1.54, 1.807) is 37.0 Å². The van der Waals surface area contributed by atoms with Crippen molar-refractivity contribution in [2.75, 3.05) is 13.7 Å². The Morgan fingerprint density at radius 1 is 1.43 bits per heavy atom. The third-order valence-electron chi connectivity index (χ3n) is 2.94. The van der Waals surface area contributed by atoms with E-state index in [1.165, 1.54) is 0 Å². The number of rotatable bonds is 6. The lowest BCUT2D eigenvalue weighted by Gasteiger charge is -2.11. The molecule has 112 valence electrons. The van der Waals surface area contributed by atoms with Crippen LogP contribution in [0.4, 0.5) is 0 Å². The minimum atomic E-state index is -0.505. The van der Waals surface area contributed by atoms with Crippen LogP contribution in [-0.2, 0) is 16.0 Å². The van der Waals surface area contributed by atoms with Crippen molar-refractivity contribution in [2.45, 2.75) is 26.5 Å². The first-order valence-electron chi connectivity index (χ1n) is 6.72. The van der Waals surface area contributed by atoms with Crippen molar-refractivity contribution in [3.8, 4) is 11.4 Å². The van der Waals surface area contributed by atoms with E-state index in [0.717, 1.165) is 0 Å². The summed E-state index contributed by atoms with van der Waals surface area (Å²) in [5.41, 5.74) is 1.32. The molecule has 7 nitrogen and oxygen atoms in total. The average molecular weight is 290 g/mol. The van der Waals surface area contributed by atoms with Crippen LogP contribution in [0.3, 0.4) is 0 Å². The van der Waals surface area contributed by atoms with Crippen LogP contribution in [-0.4, -0.2) is 45.8 Å². The summed E-state index contributed by atoms with van der Waals surface area (Å²) in [5, 5.41) is 7.97. The summed E-state index contributed by atoms with van der Waals surface area (Å²) < 4.78 is 11.9. The molecule has 2 rings (SSSR count). The summed E-state index contributed by atoms with van der Waals surface area (Å²) in [6.45, 7) is 4.40. The molecule has 2 heterocycles. The lowest BCUT2D eigenvalue weighted by Crippen LogP contribution is -2.17. The number of pyridine rings is 1. The average Bonchev–Trinajstić information content (AvgIpc) is 2.92. The van der Waals surface area contributed by atoms with Gasteiger partial charge in [-0.3, -0.25) is 4.98 Å². The Morgan fingerprint density at radius 2 is 2.24 bits per heavy atom. The van der Waals surface area contributed by atoms with E-state index < -0.39 is 5.97 Å². The van der Waals surface area contributed by atoms with E-state index in [1.807, 2.05) is 13.0 Å². The normalized spacial score (nSPS) is 12.1. The molecule has 0 radical (unpaired) electrons. The van der Waals surface area contributed by atoms with Crippen LogP contribution in [0.1, 0.15) is 24.3 Å². The summed E-state index contributed by atoms with van der Waals surface area (Å²) in [5.74, 6) is -0.505. The van der Waals surface area contributed by atoms with Gasteiger partial charge in [0.05, 0.1) is 24.9 Å². The molecule has 0 saturated carbocycles. The molecule has 0 N–H and O–H groups in total. The summed E-state index contributed by atoms with van der Waals surface area (Å²) in [6.07, 6.45) is 1.59. The first-order chi connectivity index (χ1) is 10.2. The van der Waals surface area contributed by atoms with Crippen LogP contribution in [0.5, 0.6) is 0 Å².